The van der Waals surface area contributed by atoms with Gasteiger partial charge in [0.2, 0.25) is 5.91 Å². The molecule has 0 fully saturated rings. The van der Waals surface area contributed by atoms with E-state index < -0.39 is 0 Å². The van der Waals surface area contributed by atoms with Crippen LogP contribution < -0.4 is 5.32 Å². The van der Waals surface area contributed by atoms with Crippen molar-refractivity contribution in [3.05, 3.63) is 16.1 Å². The molecule has 1 amide bonds. The van der Waals surface area contributed by atoms with Gasteiger partial charge in [-0.15, -0.1) is 11.3 Å². The lowest BCUT2D eigenvalue weighted by Crippen LogP contribution is -2.32. The van der Waals surface area contributed by atoms with Crippen molar-refractivity contribution < 1.29 is 4.79 Å². The fraction of sp³-hybridized carbons (Fsp3) is 0.733. The minimum atomic E-state index is 0.113. The molecule has 0 spiro atoms. The van der Waals surface area contributed by atoms with Gasteiger partial charge in [-0.3, -0.25) is 4.79 Å². The first kappa shape index (κ1) is 17.1. The highest BCUT2D eigenvalue weighted by atomic mass is 32.1. The summed E-state index contributed by atoms with van der Waals surface area (Å²) in [5.41, 5.74) is 1.18. The van der Waals surface area contributed by atoms with Crippen molar-refractivity contribution in [1.29, 1.82) is 0 Å². The molecule has 114 valence electrons. The molecule has 1 rings (SSSR count). The van der Waals surface area contributed by atoms with Gasteiger partial charge >= 0.3 is 0 Å². The number of thiazole rings is 1. The standard InChI is InChI=1S/C15H27N3OS/c1-6-18(7-2)13(19)8-9-16-10-12-11-20-14(17-12)15(3,4)5/h11,16H,6-10H2,1-5H3. The highest BCUT2D eigenvalue weighted by molar-refractivity contribution is 7.09. The summed E-state index contributed by atoms with van der Waals surface area (Å²) < 4.78 is 0. The number of hydrogen-bond donors (Lipinski definition) is 1. The van der Waals surface area contributed by atoms with Crippen LogP contribution in [0.15, 0.2) is 5.38 Å². The fourth-order valence-electron chi connectivity index (χ4n) is 1.88. The molecule has 0 aliphatic carbocycles. The smallest absolute Gasteiger partial charge is 0.223 e. The molecule has 4 nitrogen and oxygen atoms in total. The Morgan fingerprint density at radius 1 is 1.35 bits per heavy atom. The average Bonchev–Trinajstić information content (AvgIpc) is 2.85. The van der Waals surface area contributed by atoms with Gasteiger partial charge in [0.25, 0.3) is 0 Å². The van der Waals surface area contributed by atoms with Crippen molar-refractivity contribution in [3.8, 4) is 0 Å². The predicted octanol–water partition coefficient (Wildman–Crippen LogP) is 2.79. The molecule has 0 aliphatic rings. The summed E-state index contributed by atoms with van der Waals surface area (Å²) in [4.78, 5) is 18.3. The average molecular weight is 297 g/mol. The minimum Gasteiger partial charge on any atom is -0.343 e. The number of nitrogens with zero attached hydrogens (tertiary/aromatic N) is 2. The van der Waals surface area contributed by atoms with E-state index in [1.54, 1.807) is 11.3 Å². The Kier molecular flexibility index (Phi) is 6.62. The van der Waals surface area contributed by atoms with Crippen LogP contribution in [0.3, 0.4) is 0 Å². The van der Waals surface area contributed by atoms with E-state index >= 15 is 0 Å². The van der Waals surface area contributed by atoms with Crippen LogP contribution >= 0.6 is 11.3 Å². The third-order valence-electron chi connectivity index (χ3n) is 3.13. The van der Waals surface area contributed by atoms with Crippen LogP contribution in [0.1, 0.15) is 51.7 Å². The van der Waals surface area contributed by atoms with Crippen molar-refractivity contribution in [2.45, 2.75) is 53.0 Å². The van der Waals surface area contributed by atoms with Crippen molar-refractivity contribution in [2.24, 2.45) is 0 Å². The second kappa shape index (κ2) is 7.74. The van der Waals surface area contributed by atoms with Crippen LogP contribution in [-0.4, -0.2) is 35.4 Å². The number of nitrogens with one attached hydrogen (secondary N) is 1. The largest absolute Gasteiger partial charge is 0.343 e. The number of carbonyl (C=O) groups excluding carboxylic acids is 1. The highest BCUT2D eigenvalue weighted by Gasteiger charge is 2.17. The van der Waals surface area contributed by atoms with Crippen LogP contribution in [-0.2, 0) is 16.8 Å². The maximum atomic E-state index is 11.8. The van der Waals surface area contributed by atoms with E-state index in [2.05, 4.69) is 36.5 Å². The van der Waals surface area contributed by atoms with E-state index in [9.17, 15) is 4.79 Å². The van der Waals surface area contributed by atoms with Gasteiger partial charge in [0.05, 0.1) is 10.7 Å². The summed E-state index contributed by atoms with van der Waals surface area (Å²) in [7, 11) is 0. The number of aromatic nitrogens is 1. The van der Waals surface area contributed by atoms with Gasteiger partial charge in [-0.05, 0) is 13.8 Å². The summed E-state index contributed by atoms with van der Waals surface area (Å²) in [6.45, 7) is 13.6. The molecule has 20 heavy (non-hydrogen) atoms. The van der Waals surface area contributed by atoms with Gasteiger partial charge in [0.15, 0.2) is 0 Å². The Balaban J connectivity index is 2.31. The number of amides is 1. The highest BCUT2D eigenvalue weighted by Crippen LogP contribution is 2.25. The fourth-order valence-corrected chi connectivity index (χ4v) is 2.79. The predicted molar refractivity (Wildman–Crippen MR) is 85.1 cm³/mol. The molecule has 0 bridgehead atoms. The summed E-state index contributed by atoms with van der Waals surface area (Å²) in [6, 6.07) is 0. The van der Waals surface area contributed by atoms with Crippen molar-refractivity contribution in [3.63, 3.8) is 0 Å². The van der Waals surface area contributed by atoms with Gasteiger partial charge in [0, 0.05) is 43.4 Å². The molecule has 0 aliphatic heterocycles. The van der Waals surface area contributed by atoms with Crippen molar-refractivity contribution in [2.75, 3.05) is 19.6 Å². The summed E-state index contributed by atoms with van der Waals surface area (Å²) in [5.74, 6) is 0.219. The van der Waals surface area contributed by atoms with Gasteiger partial charge in [-0.25, -0.2) is 4.98 Å². The van der Waals surface area contributed by atoms with Crippen LogP contribution in [0, 0.1) is 0 Å². The Bertz CT molecular complexity index is 419. The normalized spacial score (nSPS) is 11.7. The van der Waals surface area contributed by atoms with Crippen LogP contribution in [0.2, 0.25) is 0 Å². The molecule has 0 saturated carbocycles. The van der Waals surface area contributed by atoms with E-state index in [-0.39, 0.29) is 11.3 Å². The summed E-state index contributed by atoms with van der Waals surface area (Å²) >= 11 is 1.71. The van der Waals surface area contributed by atoms with Crippen molar-refractivity contribution >= 4 is 17.2 Å². The number of carbonyl (C=O) groups is 1. The third-order valence-corrected chi connectivity index (χ3v) is 4.45. The Morgan fingerprint density at radius 3 is 2.50 bits per heavy atom. The Morgan fingerprint density at radius 2 is 2.00 bits per heavy atom. The molecule has 0 aromatic carbocycles. The lowest BCUT2D eigenvalue weighted by atomic mass is 9.98. The molecular formula is C15H27N3OS. The lowest BCUT2D eigenvalue weighted by molar-refractivity contribution is -0.130. The van der Waals surface area contributed by atoms with E-state index in [0.29, 0.717) is 13.0 Å². The summed E-state index contributed by atoms with van der Waals surface area (Å²) in [5, 5.41) is 6.55. The van der Waals surface area contributed by atoms with Crippen LogP contribution in [0.4, 0.5) is 0 Å². The Labute approximate surface area is 126 Å². The van der Waals surface area contributed by atoms with E-state index in [0.717, 1.165) is 30.3 Å². The molecule has 5 heteroatoms. The zero-order chi connectivity index (χ0) is 15.2. The molecule has 0 unspecified atom stereocenters. The monoisotopic (exact) mass is 297 g/mol. The van der Waals surface area contributed by atoms with Gasteiger partial charge < -0.3 is 10.2 Å². The number of hydrogen-bond acceptors (Lipinski definition) is 4. The Hall–Kier alpha value is -0.940. The topological polar surface area (TPSA) is 45.2 Å². The van der Waals surface area contributed by atoms with Crippen LogP contribution in [0.5, 0.6) is 0 Å². The van der Waals surface area contributed by atoms with E-state index in [1.165, 1.54) is 0 Å². The molecule has 1 aromatic rings. The van der Waals surface area contributed by atoms with E-state index in [1.807, 2.05) is 18.7 Å². The molecule has 0 saturated heterocycles. The first-order valence-corrected chi connectivity index (χ1v) is 8.19. The molecule has 1 aromatic heterocycles. The second-order valence-electron chi connectivity index (χ2n) is 5.89. The first-order chi connectivity index (χ1) is 9.38. The molecule has 1 heterocycles. The minimum absolute atomic E-state index is 0.113. The molecule has 0 atom stereocenters. The first-order valence-electron chi connectivity index (χ1n) is 7.31. The van der Waals surface area contributed by atoms with Gasteiger partial charge in [-0.2, -0.15) is 0 Å². The summed E-state index contributed by atoms with van der Waals surface area (Å²) in [6.07, 6.45) is 0.554. The zero-order valence-electron chi connectivity index (χ0n) is 13.3. The molecule has 0 radical (unpaired) electrons. The second-order valence-corrected chi connectivity index (χ2v) is 6.74. The SMILES string of the molecule is CCN(CC)C(=O)CCNCc1csc(C(C)(C)C)n1. The van der Waals surface area contributed by atoms with Gasteiger partial charge in [0.1, 0.15) is 0 Å². The molecule has 1 N–H and O–H groups in total. The maximum absolute atomic E-state index is 11.8. The van der Waals surface area contributed by atoms with Crippen molar-refractivity contribution in [1.82, 2.24) is 15.2 Å². The van der Waals surface area contributed by atoms with Crippen LogP contribution in [0.25, 0.3) is 0 Å². The number of rotatable bonds is 7. The molecular weight excluding hydrogens is 270 g/mol. The zero-order valence-corrected chi connectivity index (χ0v) is 14.1. The van der Waals surface area contributed by atoms with Gasteiger partial charge in [-0.1, -0.05) is 20.8 Å². The third kappa shape index (κ3) is 5.21. The lowest BCUT2D eigenvalue weighted by Gasteiger charge is -2.18. The van der Waals surface area contributed by atoms with E-state index in [4.69, 9.17) is 0 Å². The quantitative estimate of drug-likeness (QED) is 0.787. The maximum Gasteiger partial charge on any atom is 0.223 e.